The number of hydrogen-bond acceptors (Lipinski definition) is 5. The molecule has 0 atom stereocenters. The Morgan fingerprint density at radius 2 is 1.72 bits per heavy atom. The van der Waals surface area contributed by atoms with Crippen LogP contribution < -0.4 is 14.2 Å². The van der Waals surface area contributed by atoms with E-state index in [4.69, 9.17) is 14.2 Å². The topological polar surface area (TPSA) is 76.6 Å². The van der Waals surface area contributed by atoms with E-state index in [1.165, 1.54) is 11.1 Å². The highest BCUT2D eigenvalue weighted by Crippen LogP contribution is 2.40. The molecule has 6 heteroatoms. The number of phenols is 1. The van der Waals surface area contributed by atoms with Gasteiger partial charge in [-0.2, -0.15) is 5.10 Å². The Labute approximate surface area is 187 Å². The second kappa shape index (κ2) is 9.47. The molecular weight excluding hydrogens is 404 g/mol. The predicted molar refractivity (Wildman–Crippen MR) is 124 cm³/mol. The van der Waals surface area contributed by atoms with Crippen molar-refractivity contribution in [2.24, 2.45) is 0 Å². The molecule has 1 aromatic heterocycles. The fraction of sp³-hybridized carbons (Fsp3) is 0.192. The van der Waals surface area contributed by atoms with Crippen LogP contribution in [-0.4, -0.2) is 21.9 Å². The van der Waals surface area contributed by atoms with Crippen LogP contribution in [-0.2, 0) is 6.61 Å². The third kappa shape index (κ3) is 4.70. The molecule has 4 rings (SSSR count). The Kier molecular flexibility index (Phi) is 6.31. The van der Waals surface area contributed by atoms with Crippen LogP contribution in [0.15, 0.2) is 66.9 Å². The number of aromatic nitrogens is 2. The van der Waals surface area contributed by atoms with Gasteiger partial charge in [0.15, 0.2) is 17.2 Å². The largest absolute Gasteiger partial charge is 0.507 e. The summed E-state index contributed by atoms with van der Waals surface area (Å²) in [5.41, 5.74) is 4.60. The summed E-state index contributed by atoms with van der Waals surface area (Å²) in [5, 5.41) is 17.7. The summed E-state index contributed by atoms with van der Waals surface area (Å²) in [6.07, 6.45) is 1.57. The van der Waals surface area contributed by atoms with Crippen molar-refractivity contribution in [1.82, 2.24) is 10.2 Å². The maximum absolute atomic E-state index is 10.7. The van der Waals surface area contributed by atoms with E-state index in [9.17, 15) is 5.11 Å². The zero-order valence-electron chi connectivity index (χ0n) is 18.4. The van der Waals surface area contributed by atoms with E-state index in [2.05, 4.69) is 42.2 Å². The molecule has 0 unspecified atom stereocenters. The van der Waals surface area contributed by atoms with Crippen molar-refractivity contribution in [2.75, 3.05) is 6.61 Å². The van der Waals surface area contributed by atoms with Crippen LogP contribution in [0.5, 0.6) is 28.7 Å². The lowest BCUT2D eigenvalue weighted by atomic mass is 10.1. The van der Waals surface area contributed by atoms with E-state index < -0.39 is 0 Å². The van der Waals surface area contributed by atoms with Crippen molar-refractivity contribution < 1.29 is 19.3 Å². The molecular formula is C26H26N2O4. The van der Waals surface area contributed by atoms with Crippen molar-refractivity contribution in [3.8, 4) is 40.0 Å². The van der Waals surface area contributed by atoms with Gasteiger partial charge in [0, 0.05) is 11.6 Å². The lowest BCUT2D eigenvalue weighted by Gasteiger charge is -2.13. The number of benzene rings is 3. The summed E-state index contributed by atoms with van der Waals surface area (Å²) in [6, 6.07) is 18.9. The number of phenolic OH excluding ortho intramolecular Hbond substituents is 1. The van der Waals surface area contributed by atoms with Crippen LogP contribution in [0.1, 0.15) is 23.6 Å². The van der Waals surface area contributed by atoms with Gasteiger partial charge in [-0.1, -0.05) is 35.9 Å². The lowest BCUT2D eigenvalue weighted by molar-refractivity contribution is 0.303. The number of nitrogens with one attached hydrogen (secondary N) is 1. The lowest BCUT2D eigenvalue weighted by Crippen LogP contribution is -1.98. The van der Waals surface area contributed by atoms with Gasteiger partial charge < -0.3 is 19.3 Å². The number of hydrogen-bond donors (Lipinski definition) is 2. The van der Waals surface area contributed by atoms with Gasteiger partial charge in [-0.05, 0) is 56.2 Å². The Morgan fingerprint density at radius 1 is 0.906 bits per heavy atom. The van der Waals surface area contributed by atoms with Gasteiger partial charge in [0.05, 0.1) is 12.8 Å². The Bertz CT molecular complexity index is 1220. The van der Waals surface area contributed by atoms with Gasteiger partial charge in [0.1, 0.15) is 23.8 Å². The number of para-hydroxylation sites is 2. The van der Waals surface area contributed by atoms with E-state index in [0.717, 1.165) is 5.56 Å². The fourth-order valence-corrected chi connectivity index (χ4v) is 3.40. The summed E-state index contributed by atoms with van der Waals surface area (Å²) >= 11 is 0. The minimum absolute atomic E-state index is 0.0654. The van der Waals surface area contributed by atoms with E-state index in [1.807, 2.05) is 37.3 Å². The number of H-pyrrole nitrogens is 1. The van der Waals surface area contributed by atoms with Crippen molar-refractivity contribution in [3.63, 3.8) is 0 Å². The van der Waals surface area contributed by atoms with Crippen LogP contribution in [0.2, 0.25) is 0 Å². The van der Waals surface area contributed by atoms with Gasteiger partial charge in [0.2, 0.25) is 0 Å². The third-order valence-corrected chi connectivity index (χ3v) is 5.11. The smallest absolute Gasteiger partial charge is 0.173 e. The highest BCUT2D eigenvalue weighted by atomic mass is 16.5. The molecule has 2 N–H and O–H groups in total. The van der Waals surface area contributed by atoms with E-state index >= 15 is 0 Å². The van der Waals surface area contributed by atoms with Gasteiger partial charge in [-0.25, -0.2) is 0 Å². The average Bonchev–Trinajstić information content (AvgIpc) is 3.24. The van der Waals surface area contributed by atoms with Crippen LogP contribution in [0.3, 0.4) is 0 Å². The first kappa shape index (κ1) is 21.3. The molecule has 0 aliphatic rings. The number of aryl methyl sites for hydroxylation is 2. The normalized spacial score (nSPS) is 10.7. The maximum atomic E-state index is 10.7. The molecule has 0 amide bonds. The second-order valence-electron chi connectivity index (χ2n) is 7.49. The molecule has 4 aromatic rings. The number of aromatic hydroxyl groups is 1. The maximum Gasteiger partial charge on any atom is 0.173 e. The monoisotopic (exact) mass is 430 g/mol. The van der Waals surface area contributed by atoms with Gasteiger partial charge >= 0.3 is 0 Å². The number of nitrogens with zero attached hydrogens (tertiary/aromatic N) is 1. The summed E-state index contributed by atoms with van der Waals surface area (Å²) < 4.78 is 17.6. The Hall–Kier alpha value is -3.93. The van der Waals surface area contributed by atoms with Crippen molar-refractivity contribution in [1.29, 1.82) is 0 Å². The number of ether oxygens (including phenoxy) is 3. The molecule has 164 valence electrons. The minimum atomic E-state index is 0.0654. The van der Waals surface area contributed by atoms with Crippen LogP contribution >= 0.6 is 0 Å². The molecule has 0 saturated carbocycles. The molecule has 0 radical (unpaired) electrons. The zero-order valence-corrected chi connectivity index (χ0v) is 18.4. The first-order valence-electron chi connectivity index (χ1n) is 10.5. The van der Waals surface area contributed by atoms with E-state index in [1.54, 1.807) is 18.3 Å². The Morgan fingerprint density at radius 3 is 2.50 bits per heavy atom. The predicted octanol–water partition coefficient (Wildman–Crippen LogP) is 6.17. The van der Waals surface area contributed by atoms with E-state index in [0.29, 0.717) is 47.5 Å². The zero-order chi connectivity index (χ0) is 22.5. The molecule has 0 bridgehead atoms. The number of rotatable bonds is 8. The van der Waals surface area contributed by atoms with Crippen LogP contribution in [0, 0.1) is 13.8 Å². The first-order chi connectivity index (χ1) is 15.5. The Balaban J connectivity index is 1.53. The SMILES string of the molecule is CCOc1ccccc1Oc1cn[nH]c1-c1ccc(OCc2cc(C)ccc2C)cc1O. The molecule has 0 fully saturated rings. The average molecular weight is 431 g/mol. The van der Waals surface area contributed by atoms with Crippen molar-refractivity contribution in [3.05, 3.63) is 83.6 Å². The summed E-state index contributed by atoms with van der Waals surface area (Å²) in [7, 11) is 0. The van der Waals surface area contributed by atoms with Crippen molar-refractivity contribution >= 4 is 0 Å². The van der Waals surface area contributed by atoms with Gasteiger partial charge in [-0.15, -0.1) is 0 Å². The summed E-state index contributed by atoms with van der Waals surface area (Å²) in [5.74, 6) is 2.34. The molecule has 32 heavy (non-hydrogen) atoms. The summed E-state index contributed by atoms with van der Waals surface area (Å²) in [4.78, 5) is 0. The first-order valence-corrected chi connectivity index (χ1v) is 10.5. The van der Waals surface area contributed by atoms with Crippen LogP contribution in [0.25, 0.3) is 11.3 Å². The van der Waals surface area contributed by atoms with E-state index in [-0.39, 0.29) is 5.75 Å². The second-order valence-corrected chi connectivity index (χ2v) is 7.49. The molecule has 0 aliphatic heterocycles. The highest BCUT2D eigenvalue weighted by Gasteiger charge is 2.16. The van der Waals surface area contributed by atoms with Gasteiger partial charge in [-0.3, -0.25) is 5.10 Å². The molecule has 0 spiro atoms. The molecule has 0 aliphatic carbocycles. The molecule has 1 heterocycles. The number of aromatic amines is 1. The standard InChI is InChI=1S/C26H26N2O4/c1-4-30-23-7-5-6-8-24(23)32-25-15-27-28-26(25)21-12-11-20(14-22(21)29)31-16-19-13-17(2)9-10-18(19)3/h5-15,29H,4,16H2,1-3H3,(H,27,28). The molecule has 6 nitrogen and oxygen atoms in total. The third-order valence-electron chi connectivity index (χ3n) is 5.11. The van der Waals surface area contributed by atoms with Crippen LogP contribution in [0.4, 0.5) is 0 Å². The quantitative estimate of drug-likeness (QED) is 0.350. The molecule has 0 saturated heterocycles. The highest BCUT2D eigenvalue weighted by molar-refractivity contribution is 5.73. The van der Waals surface area contributed by atoms with Crippen molar-refractivity contribution in [2.45, 2.75) is 27.4 Å². The van der Waals surface area contributed by atoms with Gasteiger partial charge in [0.25, 0.3) is 0 Å². The summed E-state index contributed by atoms with van der Waals surface area (Å²) in [6.45, 7) is 6.99. The fourth-order valence-electron chi connectivity index (χ4n) is 3.40. The minimum Gasteiger partial charge on any atom is -0.507 e. The molecule has 3 aromatic carbocycles.